The molecule has 0 spiro atoms. The minimum absolute atomic E-state index is 1.28. The van der Waals surface area contributed by atoms with Gasteiger partial charge in [-0.1, -0.05) is 72.8 Å². The second-order valence-electron chi connectivity index (χ2n) is 7.01. The van der Waals surface area contributed by atoms with Crippen molar-refractivity contribution >= 4 is 53.1 Å². The van der Waals surface area contributed by atoms with Crippen molar-refractivity contribution in [3.05, 3.63) is 97.1 Å². The molecule has 0 unspecified atom stereocenters. The number of hydrogen-bond donors (Lipinski definition) is 0. The second-order valence-corrected chi connectivity index (χ2v) is 8.09. The van der Waals surface area contributed by atoms with Crippen molar-refractivity contribution in [2.45, 2.75) is 0 Å². The van der Waals surface area contributed by atoms with Crippen LogP contribution in [0.15, 0.2) is 97.1 Å². The zero-order valence-corrected chi connectivity index (χ0v) is 15.5. The van der Waals surface area contributed by atoms with E-state index >= 15 is 0 Å². The van der Waals surface area contributed by atoms with E-state index in [1.54, 1.807) is 0 Å². The predicted molar refractivity (Wildman–Crippen MR) is 120 cm³/mol. The molecule has 0 N–H and O–H groups in total. The molecule has 0 radical (unpaired) electrons. The van der Waals surface area contributed by atoms with Gasteiger partial charge in [-0.2, -0.15) is 0 Å². The first-order valence-electron chi connectivity index (χ1n) is 9.21. The normalized spacial score (nSPS) is 11.7. The standard InChI is InChI=1S/C26H16S/c1-2-8-17(9-3-1)26-20-11-5-4-10-18(20)14-19-15-23-21-12-6-7-13-24(21)27-25(23)16-22(19)26/h1-16H. The van der Waals surface area contributed by atoms with Gasteiger partial charge in [-0.3, -0.25) is 0 Å². The van der Waals surface area contributed by atoms with Crippen LogP contribution < -0.4 is 0 Å². The number of fused-ring (bicyclic) bond motifs is 5. The van der Waals surface area contributed by atoms with Crippen LogP contribution in [0.3, 0.4) is 0 Å². The Labute approximate surface area is 161 Å². The van der Waals surface area contributed by atoms with Crippen molar-refractivity contribution in [1.82, 2.24) is 0 Å². The molecular weight excluding hydrogens is 344 g/mol. The van der Waals surface area contributed by atoms with Crippen molar-refractivity contribution in [2.24, 2.45) is 0 Å². The zero-order chi connectivity index (χ0) is 17.8. The quantitative estimate of drug-likeness (QED) is 0.260. The summed E-state index contributed by atoms with van der Waals surface area (Å²) < 4.78 is 2.71. The van der Waals surface area contributed by atoms with Crippen LogP contribution in [0.2, 0.25) is 0 Å². The van der Waals surface area contributed by atoms with Crippen molar-refractivity contribution in [2.75, 3.05) is 0 Å². The molecule has 0 saturated carbocycles. The van der Waals surface area contributed by atoms with Gasteiger partial charge in [-0.15, -0.1) is 11.3 Å². The van der Waals surface area contributed by atoms with Gasteiger partial charge in [0.05, 0.1) is 0 Å². The van der Waals surface area contributed by atoms with Gasteiger partial charge >= 0.3 is 0 Å². The lowest BCUT2D eigenvalue weighted by Crippen LogP contribution is -1.85. The molecule has 0 amide bonds. The molecule has 1 heteroatoms. The number of thiophene rings is 1. The molecule has 0 aliphatic carbocycles. The fourth-order valence-corrected chi connectivity index (χ4v) is 5.33. The third-order valence-corrected chi connectivity index (χ3v) is 6.56. The van der Waals surface area contributed by atoms with Gasteiger partial charge in [0.25, 0.3) is 0 Å². The average molecular weight is 360 g/mol. The van der Waals surface area contributed by atoms with Gasteiger partial charge < -0.3 is 0 Å². The molecule has 0 saturated heterocycles. The van der Waals surface area contributed by atoms with Crippen LogP contribution in [-0.4, -0.2) is 0 Å². The van der Waals surface area contributed by atoms with Gasteiger partial charge in [0.2, 0.25) is 0 Å². The highest BCUT2D eigenvalue weighted by Crippen LogP contribution is 2.41. The smallest absolute Gasteiger partial charge is 0.0362 e. The summed E-state index contributed by atoms with van der Waals surface area (Å²) in [5.41, 5.74) is 2.61. The lowest BCUT2D eigenvalue weighted by molar-refractivity contribution is 1.68. The van der Waals surface area contributed by atoms with Gasteiger partial charge in [0, 0.05) is 20.2 Å². The van der Waals surface area contributed by atoms with E-state index in [-0.39, 0.29) is 0 Å². The van der Waals surface area contributed by atoms with Crippen LogP contribution in [-0.2, 0) is 0 Å². The molecule has 0 atom stereocenters. The fraction of sp³-hybridized carbons (Fsp3) is 0. The average Bonchev–Trinajstić information content (AvgIpc) is 3.08. The molecule has 0 aliphatic rings. The SMILES string of the molecule is c1ccc(-c2c3ccccc3cc3cc4c(cc23)sc2ccccc24)cc1. The van der Waals surface area contributed by atoms with E-state index in [9.17, 15) is 0 Å². The monoisotopic (exact) mass is 360 g/mol. The molecule has 0 aliphatic heterocycles. The molecule has 6 aromatic rings. The minimum atomic E-state index is 1.28. The van der Waals surface area contributed by atoms with Crippen molar-refractivity contribution in [3.8, 4) is 11.1 Å². The van der Waals surface area contributed by atoms with E-state index < -0.39 is 0 Å². The van der Waals surface area contributed by atoms with Crippen LogP contribution in [0, 0.1) is 0 Å². The van der Waals surface area contributed by atoms with Crippen LogP contribution in [0.1, 0.15) is 0 Å². The largest absolute Gasteiger partial charge is 0.135 e. The molecule has 0 fully saturated rings. The maximum atomic E-state index is 2.39. The first kappa shape index (κ1) is 15.0. The summed E-state index contributed by atoms with van der Waals surface area (Å²) in [6, 6.07) is 35.3. The van der Waals surface area contributed by atoms with Crippen LogP contribution in [0.4, 0.5) is 0 Å². The number of hydrogen-bond acceptors (Lipinski definition) is 1. The molecular formula is C26H16S. The molecule has 1 heterocycles. The Kier molecular flexibility index (Phi) is 3.14. The first-order chi connectivity index (χ1) is 13.4. The summed E-state index contributed by atoms with van der Waals surface area (Å²) in [5, 5.41) is 7.97. The van der Waals surface area contributed by atoms with Crippen LogP contribution >= 0.6 is 11.3 Å². The number of benzene rings is 5. The van der Waals surface area contributed by atoms with E-state index in [1.165, 1.54) is 52.8 Å². The van der Waals surface area contributed by atoms with E-state index in [4.69, 9.17) is 0 Å². The molecule has 6 rings (SSSR count). The Hall–Kier alpha value is -3.16. The summed E-state index contributed by atoms with van der Waals surface area (Å²) in [7, 11) is 0. The Morgan fingerprint density at radius 2 is 1.19 bits per heavy atom. The summed E-state index contributed by atoms with van der Waals surface area (Å²) in [6.07, 6.45) is 0. The Morgan fingerprint density at radius 3 is 2.07 bits per heavy atom. The zero-order valence-electron chi connectivity index (χ0n) is 14.6. The Balaban J connectivity index is 1.84. The maximum Gasteiger partial charge on any atom is 0.0362 e. The molecule has 0 nitrogen and oxygen atoms in total. The molecule has 5 aromatic carbocycles. The fourth-order valence-electron chi connectivity index (χ4n) is 4.20. The van der Waals surface area contributed by atoms with Gasteiger partial charge in [0.1, 0.15) is 0 Å². The van der Waals surface area contributed by atoms with Crippen LogP contribution in [0.25, 0.3) is 52.8 Å². The molecule has 0 bridgehead atoms. The maximum absolute atomic E-state index is 2.39. The summed E-state index contributed by atoms with van der Waals surface area (Å²) >= 11 is 1.89. The third-order valence-electron chi connectivity index (χ3n) is 5.42. The highest BCUT2D eigenvalue weighted by molar-refractivity contribution is 7.25. The topological polar surface area (TPSA) is 0 Å². The Morgan fingerprint density at radius 1 is 0.444 bits per heavy atom. The Bertz CT molecular complexity index is 1460. The first-order valence-corrected chi connectivity index (χ1v) is 10.0. The minimum Gasteiger partial charge on any atom is -0.135 e. The van der Waals surface area contributed by atoms with E-state index in [0.717, 1.165) is 0 Å². The van der Waals surface area contributed by atoms with Crippen molar-refractivity contribution in [1.29, 1.82) is 0 Å². The third kappa shape index (κ3) is 2.22. The summed E-state index contributed by atoms with van der Waals surface area (Å²) in [5.74, 6) is 0. The lowest BCUT2D eigenvalue weighted by atomic mass is 9.91. The van der Waals surface area contributed by atoms with Gasteiger partial charge in [-0.05, 0) is 56.9 Å². The highest BCUT2D eigenvalue weighted by Gasteiger charge is 2.13. The van der Waals surface area contributed by atoms with E-state index in [1.807, 2.05) is 11.3 Å². The molecule has 27 heavy (non-hydrogen) atoms. The van der Waals surface area contributed by atoms with Gasteiger partial charge in [-0.25, -0.2) is 0 Å². The number of rotatable bonds is 1. The summed E-state index contributed by atoms with van der Waals surface area (Å²) in [6.45, 7) is 0. The lowest BCUT2D eigenvalue weighted by Gasteiger charge is -2.12. The second kappa shape index (κ2) is 5.67. The van der Waals surface area contributed by atoms with Gasteiger partial charge in [0.15, 0.2) is 0 Å². The molecule has 1 aromatic heterocycles. The van der Waals surface area contributed by atoms with Crippen LogP contribution in [0.5, 0.6) is 0 Å². The van der Waals surface area contributed by atoms with Crippen molar-refractivity contribution < 1.29 is 0 Å². The summed E-state index contributed by atoms with van der Waals surface area (Å²) in [4.78, 5) is 0. The van der Waals surface area contributed by atoms with E-state index in [0.29, 0.717) is 0 Å². The van der Waals surface area contributed by atoms with E-state index in [2.05, 4.69) is 97.1 Å². The molecule has 126 valence electrons. The highest BCUT2D eigenvalue weighted by atomic mass is 32.1. The van der Waals surface area contributed by atoms with Crippen molar-refractivity contribution in [3.63, 3.8) is 0 Å². The predicted octanol–water partition coefficient (Wildman–Crippen LogP) is 8.03.